The van der Waals surface area contributed by atoms with Crippen molar-refractivity contribution in [3.8, 4) is 11.6 Å². The molecule has 0 bridgehead atoms. The number of pyridine rings is 1. The van der Waals surface area contributed by atoms with Crippen LogP contribution >= 0.6 is 23.2 Å². The number of nitrogens with two attached hydrogens (primary N) is 1. The summed E-state index contributed by atoms with van der Waals surface area (Å²) in [7, 11) is 0. The molecule has 0 aliphatic heterocycles. The van der Waals surface area contributed by atoms with Gasteiger partial charge in [-0.1, -0.05) is 29.3 Å². The second-order valence-corrected chi connectivity index (χ2v) is 4.71. The van der Waals surface area contributed by atoms with Crippen LogP contribution < -0.4 is 10.5 Å². The van der Waals surface area contributed by atoms with Crippen LogP contribution in [-0.4, -0.2) is 4.98 Å². The number of nitrogens with zero attached hydrogens (tertiary/aromatic N) is 1. The third-order valence-electron chi connectivity index (χ3n) is 2.39. The van der Waals surface area contributed by atoms with Crippen molar-refractivity contribution in [2.75, 3.05) is 0 Å². The number of aromatic nitrogens is 1. The van der Waals surface area contributed by atoms with Gasteiger partial charge >= 0.3 is 0 Å². The van der Waals surface area contributed by atoms with Gasteiger partial charge in [-0.2, -0.15) is 0 Å². The molecule has 0 amide bonds. The van der Waals surface area contributed by atoms with Gasteiger partial charge in [-0.05, 0) is 31.2 Å². The highest BCUT2D eigenvalue weighted by atomic mass is 35.5. The van der Waals surface area contributed by atoms with E-state index in [0.29, 0.717) is 21.7 Å². The highest BCUT2D eigenvalue weighted by Gasteiger charge is 2.11. The standard InChI is InChI=1S/C13H12Cl2N2O/c1-8(16)10-3-2-6-17-13(10)18-12-5-4-9(14)7-11(12)15/h2-8H,16H2,1H3/t8-/m1/s1. The van der Waals surface area contributed by atoms with Crippen LogP contribution in [0.3, 0.4) is 0 Å². The number of halogens is 2. The summed E-state index contributed by atoms with van der Waals surface area (Å²) in [4.78, 5) is 4.16. The second-order valence-electron chi connectivity index (χ2n) is 3.86. The lowest BCUT2D eigenvalue weighted by atomic mass is 10.1. The molecular formula is C13H12Cl2N2O. The molecule has 94 valence electrons. The predicted molar refractivity (Wildman–Crippen MR) is 73.4 cm³/mol. The van der Waals surface area contributed by atoms with Crippen molar-refractivity contribution in [1.82, 2.24) is 4.98 Å². The van der Waals surface area contributed by atoms with Crippen LogP contribution in [-0.2, 0) is 0 Å². The lowest BCUT2D eigenvalue weighted by molar-refractivity contribution is 0.452. The fourth-order valence-corrected chi connectivity index (χ4v) is 1.94. The maximum absolute atomic E-state index is 6.04. The Morgan fingerprint density at radius 2 is 2.06 bits per heavy atom. The van der Waals surface area contributed by atoms with Gasteiger partial charge in [0.15, 0.2) is 0 Å². The number of hydrogen-bond acceptors (Lipinski definition) is 3. The Bertz CT molecular complexity index is 558. The minimum Gasteiger partial charge on any atom is -0.437 e. The highest BCUT2D eigenvalue weighted by molar-refractivity contribution is 6.35. The summed E-state index contributed by atoms with van der Waals surface area (Å²) in [6, 6.07) is 8.54. The summed E-state index contributed by atoms with van der Waals surface area (Å²) in [5.74, 6) is 0.957. The fraction of sp³-hybridized carbons (Fsp3) is 0.154. The SMILES string of the molecule is C[C@@H](N)c1cccnc1Oc1ccc(Cl)cc1Cl. The normalized spacial score (nSPS) is 12.2. The molecule has 18 heavy (non-hydrogen) atoms. The molecule has 1 atom stereocenters. The van der Waals surface area contributed by atoms with Crippen LogP contribution in [0.4, 0.5) is 0 Å². The molecule has 0 radical (unpaired) electrons. The molecule has 2 aromatic rings. The van der Waals surface area contributed by atoms with Gasteiger partial charge in [0.2, 0.25) is 5.88 Å². The molecule has 0 spiro atoms. The predicted octanol–water partition coefficient (Wildman–Crippen LogP) is 4.20. The Kier molecular flexibility index (Phi) is 4.07. The summed E-state index contributed by atoms with van der Waals surface area (Å²) in [6.07, 6.45) is 1.64. The lowest BCUT2D eigenvalue weighted by Gasteiger charge is -2.13. The zero-order chi connectivity index (χ0) is 13.1. The van der Waals surface area contributed by atoms with Gasteiger partial charge < -0.3 is 10.5 Å². The van der Waals surface area contributed by atoms with Gasteiger partial charge in [-0.3, -0.25) is 0 Å². The molecule has 1 aromatic carbocycles. The first-order valence-electron chi connectivity index (χ1n) is 5.41. The van der Waals surface area contributed by atoms with E-state index in [1.165, 1.54) is 0 Å². The molecule has 1 heterocycles. The maximum atomic E-state index is 6.04. The smallest absolute Gasteiger partial charge is 0.224 e. The average Bonchev–Trinajstić information content (AvgIpc) is 2.33. The first kappa shape index (κ1) is 13.1. The fourth-order valence-electron chi connectivity index (χ4n) is 1.50. The molecule has 0 aliphatic carbocycles. The zero-order valence-corrected chi connectivity index (χ0v) is 11.2. The van der Waals surface area contributed by atoms with Gasteiger partial charge in [0.25, 0.3) is 0 Å². The monoisotopic (exact) mass is 282 g/mol. The minimum absolute atomic E-state index is 0.167. The van der Waals surface area contributed by atoms with Crippen molar-refractivity contribution in [2.45, 2.75) is 13.0 Å². The first-order valence-corrected chi connectivity index (χ1v) is 6.17. The van der Waals surface area contributed by atoms with E-state index in [9.17, 15) is 0 Å². The molecule has 2 N–H and O–H groups in total. The summed E-state index contributed by atoms with van der Waals surface area (Å²) in [6.45, 7) is 1.87. The van der Waals surface area contributed by atoms with Crippen LogP contribution in [0.2, 0.25) is 10.0 Å². The summed E-state index contributed by atoms with van der Waals surface area (Å²) < 4.78 is 5.67. The average molecular weight is 283 g/mol. The van der Waals surface area contributed by atoms with E-state index < -0.39 is 0 Å². The van der Waals surface area contributed by atoms with E-state index in [1.54, 1.807) is 24.4 Å². The molecule has 0 fully saturated rings. The third kappa shape index (κ3) is 2.93. The first-order chi connectivity index (χ1) is 8.58. The van der Waals surface area contributed by atoms with Crippen LogP contribution in [0.1, 0.15) is 18.5 Å². The van der Waals surface area contributed by atoms with Crippen molar-refractivity contribution in [3.05, 3.63) is 52.1 Å². The molecule has 3 nitrogen and oxygen atoms in total. The quantitative estimate of drug-likeness (QED) is 0.918. The minimum atomic E-state index is -0.167. The van der Waals surface area contributed by atoms with E-state index in [1.807, 2.05) is 19.1 Å². The van der Waals surface area contributed by atoms with Crippen molar-refractivity contribution >= 4 is 23.2 Å². The van der Waals surface area contributed by atoms with Gasteiger partial charge in [0.05, 0.1) is 5.02 Å². The highest BCUT2D eigenvalue weighted by Crippen LogP contribution is 2.33. The summed E-state index contributed by atoms with van der Waals surface area (Å²) in [5.41, 5.74) is 6.68. The van der Waals surface area contributed by atoms with E-state index in [2.05, 4.69) is 4.98 Å². The van der Waals surface area contributed by atoms with Gasteiger partial charge in [-0.15, -0.1) is 0 Å². The largest absolute Gasteiger partial charge is 0.437 e. The number of hydrogen-bond donors (Lipinski definition) is 1. The molecule has 5 heteroatoms. The van der Waals surface area contributed by atoms with Crippen molar-refractivity contribution in [3.63, 3.8) is 0 Å². The molecule has 0 aliphatic rings. The van der Waals surface area contributed by atoms with Gasteiger partial charge in [0.1, 0.15) is 5.75 Å². The van der Waals surface area contributed by atoms with Crippen LogP contribution in [0.25, 0.3) is 0 Å². The lowest BCUT2D eigenvalue weighted by Crippen LogP contribution is -2.07. The maximum Gasteiger partial charge on any atom is 0.224 e. The molecular weight excluding hydrogens is 271 g/mol. The summed E-state index contributed by atoms with van der Waals surface area (Å²) >= 11 is 11.9. The van der Waals surface area contributed by atoms with E-state index >= 15 is 0 Å². The van der Waals surface area contributed by atoms with Crippen molar-refractivity contribution < 1.29 is 4.74 Å². The zero-order valence-electron chi connectivity index (χ0n) is 9.73. The van der Waals surface area contributed by atoms with Crippen LogP contribution in [0.15, 0.2) is 36.5 Å². The van der Waals surface area contributed by atoms with Crippen LogP contribution in [0, 0.1) is 0 Å². The Morgan fingerprint density at radius 3 is 2.72 bits per heavy atom. The van der Waals surface area contributed by atoms with Gasteiger partial charge in [-0.25, -0.2) is 4.98 Å². The summed E-state index contributed by atoms with van der Waals surface area (Å²) in [5, 5.41) is 0.990. The van der Waals surface area contributed by atoms with E-state index in [4.69, 9.17) is 33.7 Å². The topological polar surface area (TPSA) is 48.1 Å². The van der Waals surface area contributed by atoms with Crippen LogP contribution in [0.5, 0.6) is 11.6 Å². The molecule has 2 rings (SSSR count). The Morgan fingerprint density at radius 1 is 1.28 bits per heavy atom. The molecule has 0 saturated heterocycles. The van der Waals surface area contributed by atoms with Crippen molar-refractivity contribution in [1.29, 1.82) is 0 Å². The molecule has 0 saturated carbocycles. The molecule has 0 unspecified atom stereocenters. The number of rotatable bonds is 3. The Labute approximate surface area is 115 Å². The third-order valence-corrected chi connectivity index (χ3v) is 2.92. The van der Waals surface area contributed by atoms with Gasteiger partial charge in [0, 0.05) is 22.8 Å². The van der Waals surface area contributed by atoms with Crippen molar-refractivity contribution in [2.24, 2.45) is 5.73 Å². The van der Waals surface area contributed by atoms with E-state index in [0.717, 1.165) is 5.56 Å². The number of benzene rings is 1. The Hall–Kier alpha value is -1.29. The Balaban J connectivity index is 2.34. The van der Waals surface area contributed by atoms with E-state index in [-0.39, 0.29) is 6.04 Å². The number of ether oxygens (including phenoxy) is 1. The molecule has 1 aromatic heterocycles. The second kappa shape index (κ2) is 5.57.